The van der Waals surface area contributed by atoms with E-state index in [9.17, 15) is 19.2 Å². The van der Waals surface area contributed by atoms with Crippen LogP contribution in [-0.2, 0) is 23.9 Å². The minimum absolute atomic E-state index is 0.00878. The van der Waals surface area contributed by atoms with Crippen LogP contribution in [0.2, 0.25) is 0 Å². The molecule has 0 saturated carbocycles. The first-order valence-corrected chi connectivity index (χ1v) is 10.2. The second-order valence-corrected chi connectivity index (χ2v) is 8.52. The van der Waals surface area contributed by atoms with Gasteiger partial charge in [-0.1, -0.05) is 39.0 Å². The third-order valence-electron chi connectivity index (χ3n) is 5.05. The van der Waals surface area contributed by atoms with Gasteiger partial charge in [0.15, 0.2) is 6.61 Å². The summed E-state index contributed by atoms with van der Waals surface area (Å²) in [5.74, 6) is -1.64. The summed E-state index contributed by atoms with van der Waals surface area (Å²) in [4.78, 5) is 51.7. The van der Waals surface area contributed by atoms with Crippen molar-refractivity contribution in [2.45, 2.75) is 40.0 Å². The number of esters is 1. The molecule has 0 atom stereocenters. The largest absolute Gasteiger partial charge is 0.455 e. The number of primary amides is 1. The van der Waals surface area contributed by atoms with Crippen LogP contribution in [0.5, 0.6) is 0 Å². The second-order valence-electron chi connectivity index (χ2n) is 8.52. The molecule has 8 heteroatoms. The molecule has 0 radical (unpaired) electrons. The summed E-state index contributed by atoms with van der Waals surface area (Å²) >= 11 is 0. The van der Waals surface area contributed by atoms with Gasteiger partial charge in [0, 0.05) is 37.2 Å². The van der Waals surface area contributed by atoms with Crippen molar-refractivity contribution < 1.29 is 23.9 Å². The summed E-state index contributed by atoms with van der Waals surface area (Å²) in [5.41, 5.74) is 5.36. The van der Waals surface area contributed by atoms with Gasteiger partial charge in [-0.15, -0.1) is 0 Å². The molecule has 0 aliphatic carbocycles. The number of benzene rings is 1. The van der Waals surface area contributed by atoms with Gasteiger partial charge in [-0.3, -0.25) is 19.2 Å². The van der Waals surface area contributed by atoms with Crippen LogP contribution >= 0.6 is 0 Å². The number of hydrogen-bond donors (Lipinski definition) is 1. The Hall–Kier alpha value is -2.90. The van der Waals surface area contributed by atoms with Gasteiger partial charge in [0.1, 0.15) is 0 Å². The highest BCUT2D eigenvalue weighted by molar-refractivity contribution is 5.95. The van der Waals surface area contributed by atoms with Crippen LogP contribution < -0.4 is 10.6 Å². The number of carbonyl (C=O) groups excluding carboxylic acids is 4. The Bertz CT molecular complexity index is 765. The van der Waals surface area contributed by atoms with Gasteiger partial charge in [-0.25, -0.2) is 0 Å². The van der Waals surface area contributed by atoms with Crippen molar-refractivity contribution in [3.8, 4) is 0 Å². The highest BCUT2D eigenvalue weighted by Gasteiger charge is 2.33. The number of likely N-dealkylation sites (tertiary alicyclic amines) is 1. The third kappa shape index (κ3) is 6.57. The van der Waals surface area contributed by atoms with E-state index in [0.29, 0.717) is 31.6 Å². The number of piperidine rings is 1. The van der Waals surface area contributed by atoms with Crippen LogP contribution in [0.3, 0.4) is 0 Å². The molecule has 0 aromatic heterocycles. The fraction of sp³-hybridized carbons (Fsp3) is 0.545. The molecule has 0 spiro atoms. The lowest BCUT2D eigenvalue weighted by Gasteiger charge is -2.35. The Morgan fingerprint density at radius 1 is 1.10 bits per heavy atom. The summed E-state index contributed by atoms with van der Waals surface area (Å²) < 4.78 is 5.27. The molecular weight excluding hydrogens is 386 g/mol. The van der Waals surface area contributed by atoms with E-state index in [2.05, 4.69) is 0 Å². The quantitative estimate of drug-likeness (QED) is 0.679. The van der Waals surface area contributed by atoms with Gasteiger partial charge in [-0.05, 0) is 25.0 Å². The lowest BCUT2D eigenvalue weighted by atomic mass is 9.91. The molecule has 0 unspecified atom stereocenters. The van der Waals surface area contributed by atoms with Crippen LogP contribution in [-0.4, -0.2) is 54.8 Å². The van der Waals surface area contributed by atoms with Gasteiger partial charge in [0.2, 0.25) is 11.8 Å². The summed E-state index contributed by atoms with van der Waals surface area (Å²) in [7, 11) is 0. The molecule has 1 aliphatic heterocycles. The molecule has 2 rings (SSSR count). The first-order valence-electron chi connectivity index (χ1n) is 10.2. The van der Waals surface area contributed by atoms with Gasteiger partial charge in [0.05, 0.1) is 5.92 Å². The minimum atomic E-state index is -0.516. The molecule has 30 heavy (non-hydrogen) atoms. The van der Waals surface area contributed by atoms with Crippen molar-refractivity contribution in [3.63, 3.8) is 0 Å². The highest BCUT2D eigenvalue weighted by Crippen LogP contribution is 2.24. The minimum Gasteiger partial charge on any atom is -0.455 e. The molecule has 8 nitrogen and oxygen atoms in total. The smallest absolute Gasteiger partial charge is 0.309 e. The van der Waals surface area contributed by atoms with E-state index in [1.54, 1.807) is 29.2 Å². The molecule has 1 saturated heterocycles. The van der Waals surface area contributed by atoms with Crippen molar-refractivity contribution in [1.82, 2.24) is 4.90 Å². The average molecular weight is 418 g/mol. The number of ether oxygens (including phenoxy) is 1. The number of amides is 3. The number of carbonyl (C=O) groups is 4. The van der Waals surface area contributed by atoms with Crippen LogP contribution in [0, 0.1) is 11.3 Å². The third-order valence-corrected chi connectivity index (χ3v) is 5.05. The normalized spacial score (nSPS) is 14.8. The van der Waals surface area contributed by atoms with Crippen molar-refractivity contribution >= 4 is 29.4 Å². The van der Waals surface area contributed by atoms with Crippen LogP contribution in [0.15, 0.2) is 30.3 Å². The predicted octanol–water partition coefficient (Wildman–Crippen LogP) is 1.72. The Labute approximate surface area is 177 Å². The Morgan fingerprint density at radius 2 is 1.70 bits per heavy atom. The molecule has 3 amide bonds. The van der Waals surface area contributed by atoms with Crippen LogP contribution in [0.4, 0.5) is 5.69 Å². The van der Waals surface area contributed by atoms with Gasteiger partial charge in [0.25, 0.3) is 5.91 Å². The van der Waals surface area contributed by atoms with Crippen molar-refractivity contribution in [2.75, 3.05) is 31.1 Å². The molecule has 1 fully saturated rings. The second kappa shape index (κ2) is 10.2. The number of rotatable bonds is 7. The van der Waals surface area contributed by atoms with E-state index < -0.39 is 29.8 Å². The zero-order valence-corrected chi connectivity index (χ0v) is 17.9. The molecule has 2 N–H and O–H groups in total. The zero-order valence-electron chi connectivity index (χ0n) is 17.9. The van der Waals surface area contributed by atoms with Crippen molar-refractivity contribution in [3.05, 3.63) is 30.3 Å². The summed E-state index contributed by atoms with van der Waals surface area (Å²) in [6.45, 7) is 6.32. The first-order chi connectivity index (χ1) is 14.1. The Balaban J connectivity index is 1.89. The van der Waals surface area contributed by atoms with E-state index in [1.165, 1.54) is 4.90 Å². The lowest BCUT2D eigenvalue weighted by molar-refractivity contribution is -0.155. The Morgan fingerprint density at radius 3 is 2.23 bits per heavy atom. The van der Waals surface area contributed by atoms with Crippen molar-refractivity contribution in [2.24, 2.45) is 17.1 Å². The number of para-hydroxylation sites is 1. The van der Waals surface area contributed by atoms with E-state index in [4.69, 9.17) is 10.5 Å². The maximum Gasteiger partial charge on any atom is 0.309 e. The number of anilines is 1. The topological polar surface area (TPSA) is 110 Å². The van der Waals surface area contributed by atoms with E-state index in [0.717, 1.165) is 0 Å². The summed E-state index contributed by atoms with van der Waals surface area (Å²) in [5, 5.41) is 0. The van der Waals surface area contributed by atoms with Crippen LogP contribution in [0.1, 0.15) is 40.0 Å². The van der Waals surface area contributed by atoms with E-state index in [-0.39, 0.29) is 24.8 Å². The average Bonchev–Trinajstić information content (AvgIpc) is 2.71. The Kier molecular flexibility index (Phi) is 7.97. The number of nitrogens with zero attached hydrogens (tertiary/aromatic N) is 2. The van der Waals surface area contributed by atoms with Crippen LogP contribution in [0.25, 0.3) is 0 Å². The molecule has 164 valence electrons. The summed E-state index contributed by atoms with van der Waals surface area (Å²) in [6.07, 6.45) is 1.03. The fourth-order valence-corrected chi connectivity index (χ4v) is 3.35. The molecule has 1 aliphatic rings. The lowest BCUT2D eigenvalue weighted by Crippen LogP contribution is -2.45. The van der Waals surface area contributed by atoms with Gasteiger partial charge in [-0.2, -0.15) is 0 Å². The molecule has 1 heterocycles. The molecular formula is C22H31N3O5. The standard InChI is InChI=1S/C22H31N3O5/c1-22(2,3)21(29)24-12-9-16(10-13-24)20(28)30-15-19(27)25(14-11-18(23)26)17-7-5-4-6-8-17/h4-8,16H,9-15H2,1-3H3,(H2,23,26). The predicted molar refractivity (Wildman–Crippen MR) is 112 cm³/mol. The summed E-state index contributed by atoms with van der Waals surface area (Å²) in [6, 6.07) is 8.85. The van der Waals surface area contributed by atoms with Crippen molar-refractivity contribution in [1.29, 1.82) is 0 Å². The number of nitrogens with two attached hydrogens (primary N) is 1. The van der Waals surface area contributed by atoms with Gasteiger partial charge >= 0.3 is 5.97 Å². The van der Waals surface area contributed by atoms with E-state index >= 15 is 0 Å². The molecule has 1 aromatic rings. The highest BCUT2D eigenvalue weighted by atomic mass is 16.5. The monoisotopic (exact) mass is 417 g/mol. The molecule has 1 aromatic carbocycles. The maximum atomic E-state index is 12.6. The maximum absolute atomic E-state index is 12.6. The fourth-order valence-electron chi connectivity index (χ4n) is 3.35. The van der Waals surface area contributed by atoms with E-state index in [1.807, 2.05) is 26.8 Å². The molecule has 0 bridgehead atoms. The zero-order chi connectivity index (χ0) is 22.3. The van der Waals surface area contributed by atoms with Gasteiger partial charge < -0.3 is 20.3 Å². The number of hydrogen-bond acceptors (Lipinski definition) is 5. The SMILES string of the molecule is CC(C)(C)C(=O)N1CCC(C(=O)OCC(=O)N(CCC(N)=O)c2ccccc2)CC1. The first kappa shape index (κ1) is 23.4.